The summed E-state index contributed by atoms with van der Waals surface area (Å²) >= 11 is 5.83. The molecule has 1 rings (SSSR count). The first kappa shape index (κ1) is 21.5. The van der Waals surface area contributed by atoms with Gasteiger partial charge in [0.1, 0.15) is 0 Å². The molecule has 0 amide bonds. The number of hydrogen-bond donors (Lipinski definition) is 2. The third kappa shape index (κ3) is 8.79. The number of benzene rings is 1. The lowest BCUT2D eigenvalue weighted by atomic mass is 10.1. The summed E-state index contributed by atoms with van der Waals surface area (Å²) in [5.74, 6) is 0.883. The zero-order valence-corrected chi connectivity index (χ0v) is 16.7. The second kappa shape index (κ2) is 11.1. The highest BCUT2D eigenvalue weighted by Gasteiger charge is 2.07. The van der Waals surface area contributed by atoms with E-state index >= 15 is 0 Å². The van der Waals surface area contributed by atoms with Gasteiger partial charge in [-0.15, -0.1) is 24.0 Å². The maximum absolute atomic E-state index is 11.4. The van der Waals surface area contributed by atoms with Gasteiger partial charge in [0.2, 0.25) is 0 Å². The number of rotatable bonds is 7. The van der Waals surface area contributed by atoms with Crippen LogP contribution in [0.2, 0.25) is 5.02 Å². The van der Waals surface area contributed by atoms with Crippen molar-refractivity contribution < 1.29 is 8.42 Å². The fourth-order valence-electron chi connectivity index (χ4n) is 1.67. The molecule has 0 heterocycles. The highest BCUT2D eigenvalue weighted by molar-refractivity contribution is 14.0. The van der Waals surface area contributed by atoms with E-state index in [0.717, 1.165) is 11.4 Å². The van der Waals surface area contributed by atoms with Crippen LogP contribution in [0, 0.1) is 0 Å². The predicted molar refractivity (Wildman–Crippen MR) is 104 cm³/mol. The van der Waals surface area contributed by atoms with Crippen molar-refractivity contribution in [3.8, 4) is 0 Å². The first-order valence-electron chi connectivity index (χ1n) is 6.86. The quantitative estimate of drug-likeness (QED) is 0.372. The van der Waals surface area contributed by atoms with Crippen LogP contribution in [0.25, 0.3) is 0 Å². The molecule has 0 unspecified atom stereocenters. The van der Waals surface area contributed by atoms with E-state index in [1.54, 1.807) is 14.0 Å². The summed E-state index contributed by atoms with van der Waals surface area (Å²) in [5.41, 5.74) is 1.18. The summed E-state index contributed by atoms with van der Waals surface area (Å²) < 4.78 is 22.8. The Morgan fingerprint density at radius 2 is 1.77 bits per heavy atom. The van der Waals surface area contributed by atoms with Gasteiger partial charge in [0.25, 0.3) is 0 Å². The van der Waals surface area contributed by atoms with E-state index in [9.17, 15) is 8.42 Å². The van der Waals surface area contributed by atoms with Crippen LogP contribution < -0.4 is 10.6 Å². The van der Waals surface area contributed by atoms with Gasteiger partial charge in [0.05, 0.1) is 5.75 Å². The van der Waals surface area contributed by atoms with E-state index in [1.807, 2.05) is 24.3 Å². The SMILES string of the molecule is CCS(=O)(=O)CCNC(=NC)NCCc1ccc(Cl)cc1.I. The molecule has 0 saturated carbocycles. The fourth-order valence-corrected chi connectivity index (χ4v) is 2.49. The highest BCUT2D eigenvalue weighted by atomic mass is 127. The van der Waals surface area contributed by atoms with E-state index in [1.165, 1.54) is 5.56 Å². The molecular weight excluding hydrogens is 437 g/mol. The van der Waals surface area contributed by atoms with Gasteiger partial charge >= 0.3 is 0 Å². The van der Waals surface area contributed by atoms with Crippen molar-refractivity contribution in [3.63, 3.8) is 0 Å². The van der Waals surface area contributed by atoms with Crippen molar-refractivity contribution in [3.05, 3.63) is 34.9 Å². The molecule has 0 radical (unpaired) electrons. The Bertz CT molecular complexity index is 562. The molecule has 22 heavy (non-hydrogen) atoms. The molecule has 0 saturated heterocycles. The molecule has 5 nitrogen and oxygen atoms in total. The number of nitrogens with zero attached hydrogens (tertiary/aromatic N) is 1. The van der Waals surface area contributed by atoms with Crippen molar-refractivity contribution in [1.29, 1.82) is 0 Å². The van der Waals surface area contributed by atoms with Crippen LogP contribution >= 0.6 is 35.6 Å². The van der Waals surface area contributed by atoms with Gasteiger partial charge in [0, 0.05) is 30.9 Å². The molecular formula is C14H23ClIN3O2S. The Hall–Kier alpha value is -0.540. The number of aliphatic imine (C=N–C) groups is 1. The smallest absolute Gasteiger partial charge is 0.191 e. The molecule has 126 valence electrons. The highest BCUT2D eigenvalue weighted by Crippen LogP contribution is 2.09. The van der Waals surface area contributed by atoms with Crippen LogP contribution in [-0.2, 0) is 16.3 Å². The first-order chi connectivity index (χ1) is 9.96. The maximum atomic E-state index is 11.4. The van der Waals surface area contributed by atoms with Crippen molar-refractivity contribution in [2.75, 3.05) is 31.6 Å². The first-order valence-corrected chi connectivity index (χ1v) is 9.06. The van der Waals surface area contributed by atoms with E-state index in [-0.39, 0.29) is 35.5 Å². The minimum Gasteiger partial charge on any atom is -0.356 e. The van der Waals surface area contributed by atoms with Crippen LogP contribution in [0.4, 0.5) is 0 Å². The Morgan fingerprint density at radius 3 is 2.32 bits per heavy atom. The number of sulfone groups is 1. The number of hydrogen-bond acceptors (Lipinski definition) is 3. The topological polar surface area (TPSA) is 70.6 Å². The molecule has 0 atom stereocenters. The Kier molecular flexibility index (Phi) is 10.8. The van der Waals surface area contributed by atoms with Gasteiger partial charge < -0.3 is 10.6 Å². The third-order valence-corrected chi connectivity index (χ3v) is 4.95. The van der Waals surface area contributed by atoms with Gasteiger partial charge in [-0.05, 0) is 24.1 Å². The summed E-state index contributed by atoms with van der Waals surface area (Å²) in [6, 6.07) is 7.68. The predicted octanol–water partition coefficient (Wildman–Crippen LogP) is 2.10. The molecule has 2 N–H and O–H groups in total. The van der Waals surface area contributed by atoms with E-state index in [4.69, 9.17) is 11.6 Å². The van der Waals surface area contributed by atoms with Gasteiger partial charge in [-0.25, -0.2) is 8.42 Å². The lowest BCUT2D eigenvalue weighted by molar-refractivity contribution is 0.595. The molecule has 0 aliphatic heterocycles. The molecule has 0 fully saturated rings. The molecule has 0 bridgehead atoms. The van der Waals surface area contributed by atoms with Crippen molar-refractivity contribution in [1.82, 2.24) is 10.6 Å². The maximum Gasteiger partial charge on any atom is 0.191 e. The monoisotopic (exact) mass is 459 g/mol. The van der Waals surface area contributed by atoms with Crippen LogP contribution in [0.15, 0.2) is 29.3 Å². The molecule has 1 aromatic rings. The van der Waals surface area contributed by atoms with Crippen LogP contribution in [0.1, 0.15) is 12.5 Å². The number of halogens is 2. The summed E-state index contributed by atoms with van der Waals surface area (Å²) in [6.45, 7) is 2.72. The van der Waals surface area contributed by atoms with Gasteiger partial charge in [-0.2, -0.15) is 0 Å². The lowest BCUT2D eigenvalue weighted by Gasteiger charge is -2.11. The van der Waals surface area contributed by atoms with Crippen LogP contribution in [0.5, 0.6) is 0 Å². The standard InChI is InChI=1S/C14H22ClN3O2S.HI/c1-3-21(19,20)11-10-18-14(16-2)17-9-8-12-4-6-13(15)7-5-12;/h4-7H,3,8-11H2,1-2H3,(H2,16,17,18);1H. The minimum absolute atomic E-state index is 0. The third-order valence-electron chi connectivity index (χ3n) is 2.99. The van der Waals surface area contributed by atoms with E-state index in [2.05, 4.69) is 15.6 Å². The second-order valence-corrected chi connectivity index (χ2v) is 7.45. The van der Waals surface area contributed by atoms with E-state index < -0.39 is 9.84 Å². The summed E-state index contributed by atoms with van der Waals surface area (Å²) in [4.78, 5) is 4.06. The summed E-state index contributed by atoms with van der Waals surface area (Å²) in [7, 11) is -1.29. The average Bonchev–Trinajstić information content (AvgIpc) is 2.47. The second-order valence-electron chi connectivity index (χ2n) is 4.54. The molecule has 1 aromatic carbocycles. The van der Waals surface area contributed by atoms with Gasteiger partial charge in [-0.1, -0.05) is 30.7 Å². The summed E-state index contributed by atoms with van der Waals surface area (Å²) in [5, 5.41) is 6.87. The molecule has 0 aliphatic rings. The molecule has 0 aromatic heterocycles. The van der Waals surface area contributed by atoms with Gasteiger partial charge in [-0.3, -0.25) is 4.99 Å². The molecule has 8 heteroatoms. The normalized spacial score (nSPS) is 11.7. The van der Waals surface area contributed by atoms with Gasteiger partial charge in [0.15, 0.2) is 15.8 Å². The van der Waals surface area contributed by atoms with Crippen molar-refractivity contribution in [2.45, 2.75) is 13.3 Å². The zero-order chi connectivity index (χ0) is 15.7. The lowest BCUT2D eigenvalue weighted by Crippen LogP contribution is -2.40. The van der Waals surface area contributed by atoms with Crippen molar-refractivity contribution in [2.24, 2.45) is 4.99 Å². The van der Waals surface area contributed by atoms with E-state index in [0.29, 0.717) is 19.0 Å². The van der Waals surface area contributed by atoms with Crippen LogP contribution in [-0.4, -0.2) is 46.0 Å². The largest absolute Gasteiger partial charge is 0.356 e. The Balaban J connectivity index is 0.00000441. The Morgan fingerprint density at radius 1 is 1.18 bits per heavy atom. The van der Waals surface area contributed by atoms with Crippen LogP contribution in [0.3, 0.4) is 0 Å². The minimum atomic E-state index is -2.95. The fraction of sp³-hybridized carbons (Fsp3) is 0.500. The number of nitrogens with one attached hydrogen (secondary N) is 2. The van der Waals surface area contributed by atoms with Crippen molar-refractivity contribution >= 4 is 51.4 Å². The molecule has 0 spiro atoms. The molecule has 0 aliphatic carbocycles. The average molecular weight is 460 g/mol. The zero-order valence-electron chi connectivity index (χ0n) is 12.8. The summed E-state index contributed by atoms with van der Waals surface area (Å²) in [6.07, 6.45) is 0.838. The Labute approximate surface area is 154 Å². The number of guanidine groups is 1.